The van der Waals surface area contributed by atoms with E-state index in [0.717, 1.165) is 12.8 Å². The second kappa shape index (κ2) is 7.06. The SMILES string of the molecule is NCN1C2CCC1CC(OC(c1ccccc1)c1ccccc1)C2. The molecule has 2 atom stereocenters. The lowest BCUT2D eigenvalue weighted by Crippen LogP contribution is -2.48. The summed E-state index contributed by atoms with van der Waals surface area (Å²) < 4.78 is 6.67. The van der Waals surface area contributed by atoms with Crippen molar-refractivity contribution >= 4 is 0 Å². The molecule has 0 amide bonds. The topological polar surface area (TPSA) is 38.5 Å². The van der Waals surface area contributed by atoms with Crippen LogP contribution >= 0.6 is 0 Å². The van der Waals surface area contributed by atoms with Gasteiger partial charge in [0.25, 0.3) is 0 Å². The normalized spacial score (nSPS) is 26.8. The van der Waals surface area contributed by atoms with Gasteiger partial charge in [-0.05, 0) is 36.8 Å². The Labute approximate surface area is 144 Å². The molecule has 0 radical (unpaired) electrons. The summed E-state index contributed by atoms with van der Waals surface area (Å²) in [5.41, 5.74) is 8.41. The number of rotatable bonds is 5. The summed E-state index contributed by atoms with van der Waals surface area (Å²) in [6.07, 6.45) is 5.07. The van der Waals surface area contributed by atoms with E-state index in [9.17, 15) is 0 Å². The molecular formula is C21H26N2O. The minimum Gasteiger partial charge on any atom is -0.365 e. The number of hydrogen-bond donors (Lipinski definition) is 1. The van der Waals surface area contributed by atoms with Crippen LogP contribution in [0.2, 0.25) is 0 Å². The summed E-state index contributed by atoms with van der Waals surface area (Å²) in [6, 6.07) is 22.4. The highest BCUT2D eigenvalue weighted by Crippen LogP contribution is 2.39. The highest BCUT2D eigenvalue weighted by molar-refractivity contribution is 5.30. The first-order valence-corrected chi connectivity index (χ1v) is 9.06. The van der Waals surface area contributed by atoms with Crippen LogP contribution in [0.1, 0.15) is 42.9 Å². The van der Waals surface area contributed by atoms with Gasteiger partial charge in [-0.25, -0.2) is 0 Å². The van der Waals surface area contributed by atoms with Crippen molar-refractivity contribution in [1.82, 2.24) is 4.90 Å². The molecule has 2 aromatic rings. The molecule has 0 aromatic heterocycles. The number of nitrogens with two attached hydrogens (primary N) is 1. The van der Waals surface area contributed by atoms with E-state index in [1.165, 1.54) is 24.0 Å². The van der Waals surface area contributed by atoms with E-state index in [2.05, 4.69) is 65.6 Å². The van der Waals surface area contributed by atoms with Crippen LogP contribution in [0.15, 0.2) is 60.7 Å². The first kappa shape index (κ1) is 15.8. The summed E-state index contributed by atoms with van der Waals surface area (Å²) in [4.78, 5) is 2.47. The summed E-state index contributed by atoms with van der Waals surface area (Å²) in [6.45, 7) is 0.683. The zero-order valence-electron chi connectivity index (χ0n) is 14.1. The fourth-order valence-electron chi connectivity index (χ4n) is 4.43. The Morgan fingerprint density at radius 3 is 1.83 bits per heavy atom. The van der Waals surface area contributed by atoms with E-state index in [1.54, 1.807) is 0 Å². The maximum absolute atomic E-state index is 6.67. The van der Waals surface area contributed by atoms with Crippen LogP contribution < -0.4 is 5.73 Å². The Hall–Kier alpha value is -1.68. The van der Waals surface area contributed by atoms with Crippen molar-refractivity contribution in [2.45, 2.75) is 50.0 Å². The summed E-state index contributed by atoms with van der Waals surface area (Å²) in [5.74, 6) is 0. The molecule has 2 aromatic carbocycles. The van der Waals surface area contributed by atoms with Crippen molar-refractivity contribution < 1.29 is 4.74 Å². The fraction of sp³-hybridized carbons (Fsp3) is 0.429. The molecule has 2 N–H and O–H groups in total. The molecule has 0 spiro atoms. The van der Waals surface area contributed by atoms with Gasteiger partial charge in [0.2, 0.25) is 0 Å². The highest BCUT2D eigenvalue weighted by atomic mass is 16.5. The van der Waals surface area contributed by atoms with Crippen LogP contribution in [-0.2, 0) is 4.74 Å². The molecule has 2 aliphatic rings. The Morgan fingerprint density at radius 2 is 1.38 bits per heavy atom. The van der Waals surface area contributed by atoms with E-state index in [1.807, 2.05) is 0 Å². The van der Waals surface area contributed by atoms with Gasteiger partial charge in [-0.3, -0.25) is 4.90 Å². The number of benzene rings is 2. The minimum atomic E-state index is 0.0150. The van der Waals surface area contributed by atoms with Crippen LogP contribution in [0.4, 0.5) is 0 Å². The molecule has 2 unspecified atom stereocenters. The predicted octanol–water partition coefficient (Wildman–Crippen LogP) is 3.70. The second-order valence-corrected chi connectivity index (χ2v) is 7.01. The van der Waals surface area contributed by atoms with Crippen molar-refractivity contribution in [2.24, 2.45) is 5.73 Å². The van der Waals surface area contributed by atoms with Gasteiger partial charge < -0.3 is 10.5 Å². The largest absolute Gasteiger partial charge is 0.365 e. The Bertz CT molecular complexity index is 592. The maximum Gasteiger partial charge on any atom is 0.108 e. The molecule has 2 fully saturated rings. The van der Waals surface area contributed by atoms with Gasteiger partial charge in [0.15, 0.2) is 0 Å². The van der Waals surface area contributed by atoms with Crippen molar-refractivity contribution in [3.63, 3.8) is 0 Å². The number of piperidine rings is 1. The van der Waals surface area contributed by atoms with Crippen molar-refractivity contribution in [3.8, 4) is 0 Å². The zero-order chi connectivity index (χ0) is 16.4. The lowest BCUT2D eigenvalue weighted by atomic mass is 9.97. The second-order valence-electron chi connectivity index (χ2n) is 7.01. The Balaban J connectivity index is 1.55. The predicted molar refractivity (Wildman–Crippen MR) is 96.5 cm³/mol. The average Bonchev–Trinajstić information content (AvgIpc) is 2.90. The molecule has 3 heteroatoms. The third-order valence-electron chi connectivity index (χ3n) is 5.59. The maximum atomic E-state index is 6.67. The van der Waals surface area contributed by atoms with E-state index in [-0.39, 0.29) is 6.10 Å². The molecule has 126 valence electrons. The van der Waals surface area contributed by atoms with Crippen molar-refractivity contribution in [3.05, 3.63) is 71.8 Å². The third-order valence-corrected chi connectivity index (χ3v) is 5.59. The number of ether oxygens (including phenoxy) is 1. The van der Waals surface area contributed by atoms with Crippen molar-refractivity contribution in [2.75, 3.05) is 6.67 Å². The molecule has 2 aliphatic heterocycles. The van der Waals surface area contributed by atoms with E-state index in [4.69, 9.17) is 10.5 Å². The van der Waals surface area contributed by atoms with Crippen LogP contribution in [0.5, 0.6) is 0 Å². The quantitative estimate of drug-likeness (QED) is 0.912. The number of fused-ring (bicyclic) bond motifs is 2. The van der Waals surface area contributed by atoms with Gasteiger partial charge in [-0.15, -0.1) is 0 Å². The van der Waals surface area contributed by atoms with Gasteiger partial charge in [0, 0.05) is 18.8 Å². The third kappa shape index (κ3) is 3.12. The Kier molecular flexibility index (Phi) is 4.65. The van der Waals surface area contributed by atoms with Gasteiger partial charge in [-0.1, -0.05) is 60.7 Å². The van der Waals surface area contributed by atoms with Crippen LogP contribution in [0.3, 0.4) is 0 Å². The fourth-order valence-corrected chi connectivity index (χ4v) is 4.43. The standard InChI is InChI=1S/C21H26N2O/c22-15-23-18-11-12-19(23)14-20(13-18)24-21(16-7-3-1-4-8-16)17-9-5-2-6-10-17/h1-10,18-21H,11-15,22H2. The molecule has 2 heterocycles. The van der Waals surface area contributed by atoms with Gasteiger partial charge >= 0.3 is 0 Å². The summed E-state index contributed by atoms with van der Waals surface area (Å²) in [5, 5.41) is 0. The molecule has 2 bridgehead atoms. The van der Waals surface area contributed by atoms with Gasteiger partial charge in [0.05, 0.1) is 6.10 Å². The Morgan fingerprint density at radius 1 is 0.875 bits per heavy atom. The molecule has 3 nitrogen and oxygen atoms in total. The van der Waals surface area contributed by atoms with Crippen molar-refractivity contribution in [1.29, 1.82) is 0 Å². The van der Waals surface area contributed by atoms with Crippen LogP contribution in [0.25, 0.3) is 0 Å². The lowest BCUT2D eigenvalue weighted by Gasteiger charge is -2.39. The molecule has 4 rings (SSSR count). The highest BCUT2D eigenvalue weighted by Gasteiger charge is 2.41. The summed E-state index contributed by atoms with van der Waals surface area (Å²) in [7, 11) is 0. The molecule has 0 saturated carbocycles. The zero-order valence-corrected chi connectivity index (χ0v) is 14.1. The van der Waals surface area contributed by atoms with Gasteiger partial charge in [-0.2, -0.15) is 0 Å². The van der Waals surface area contributed by atoms with Crippen LogP contribution in [-0.4, -0.2) is 29.8 Å². The number of hydrogen-bond acceptors (Lipinski definition) is 3. The first-order chi connectivity index (χ1) is 11.8. The van der Waals surface area contributed by atoms with E-state index in [0.29, 0.717) is 24.9 Å². The molecule has 0 aliphatic carbocycles. The first-order valence-electron chi connectivity index (χ1n) is 9.06. The molecule has 2 saturated heterocycles. The summed E-state index contributed by atoms with van der Waals surface area (Å²) >= 11 is 0. The monoisotopic (exact) mass is 322 g/mol. The lowest BCUT2D eigenvalue weighted by molar-refractivity contribution is -0.0476. The molecular weight excluding hydrogens is 296 g/mol. The smallest absolute Gasteiger partial charge is 0.108 e. The van der Waals surface area contributed by atoms with E-state index < -0.39 is 0 Å². The van der Waals surface area contributed by atoms with Gasteiger partial charge in [0.1, 0.15) is 6.10 Å². The average molecular weight is 322 g/mol. The molecule has 24 heavy (non-hydrogen) atoms. The minimum absolute atomic E-state index is 0.0150. The van der Waals surface area contributed by atoms with E-state index >= 15 is 0 Å². The van der Waals surface area contributed by atoms with Crippen LogP contribution in [0, 0.1) is 0 Å². The number of nitrogens with zero attached hydrogens (tertiary/aromatic N) is 1.